The molecule has 3 rings (SSSR count). The Morgan fingerprint density at radius 3 is 2.95 bits per heavy atom. The Labute approximate surface area is 108 Å². The van der Waals surface area contributed by atoms with E-state index in [2.05, 4.69) is 9.72 Å². The van der Waals surface area contributed by atoms with Crippen LogP contribution in [0.5, 0.6) is 0 Å². The second-order valence-electron chi connectivity index (χ2n) is 4.45. The lowest BCUT2D eigenvalue weighted by Gasteiger charge is -2.11. The smallest absolute Gasteiger partial charge is 0.329 e. The lowest BCUT2D eigenvalue weighted by atomic mass is 10.2. The number of esters is 1. The zero-order chi connectivity index (χ0) is 13.6. The minimum absolute atomic E-state index is 0.116. The largest absolute Gasteiger partial charge is 0.467 e. The quantitative estimate of drug-likeness (QED) is 0.757. The number of hydrogen-bond acceptors (Lipinski definition) is 5. The fraction of sp³-hybridized carbons (Fsp3) is 0.308. The number of aromatic nitrogens is 2. The van der Waals surface area contributed by atoms with Crippen molar-refractivity contribution in [1.82, 2.24) is 9.55 Å². The normalized spacial score (nSPS) is 21.4. The topological polar surface area (TPSA) is 81.4 Å². The lowest BCUT2D eigenvalue weighted by molar-refractivity contribution is -0.144. The van der Waals surface area contributed by atoms with Gasteiger partial charge in [-0.25, -0.2) is 9.78 Å². The maximum absolute atomic E-state index is 12.4. The maximum Gasteiger partial charge on any atom is 0.329 e. The molecule has 1 N–H and O–H groups in total. The van der Waals surface area contributed by atoms with Crippen molar-refractivity contribution in [1.29, 1.82) is 0 Å². The number of carbonyl (C=O) groups excluding carboxylic acids is 1. The predicted molar refractivity (Wildman–Crippen MR) is 66.6 cm³/mol. The van der Waals surface area contributed by atoms with Crippen LogP contribution in [0.1, 0.15) is 24.4 Å². The molecule has 6 nitrogen and oxygen atoms in total. The van der Waals surface area contributed by atoms with Gasteiger partial charge in [-0.2, -0.15) is 0 Å². The van der Waals surface area contributed by atoms with E-state index in [-0.39, 0.29) is 17.8 Å². The Kier molecular flexibility index (Phi) is 2.60. The molecule has 0 fully saturated rings. The molecule has 0 radical (unpaired) electrons. The molecule has 2 heterocycles. The predicted octanol–water partition coefficient (Wildman–Crippen LogP) is 0.548. The van der Waals surface area contributed by atoms with Crippen LogP contribution in [-0.4, -0.2) is 27.7 Å². The number of aliphatic hydroxyl groups excluding tert-OH is 1. The van der Waals surface area contributed by atoms with Gasteiger partial charge in [0.15, 0.2) is 0 Å². The highest BCUT2D eigenvalue weighted by molar-refractivity contribution is 5.79. The van der Waals surface area contributed by atoms with Crippen molar-refractivity contribution in [3.8, 4) is 0 Å². The number of fused-ring (bicyclic) bond motifs is 2. The van der Waals surface area contributed by atoms with Crippen molar-refractivity contribution in [2.45, 2.75) is 18.6 Å². The average Bonchev–Trinajstić information content (AvgIpc) is 2.76. The number of nitrogens with zero attached hydrogens (tertiary/aromatic N) is 2. The highest BCUT2D eigenvalue weighted by atomic mass is 16.5. The summed E-state index contributed by atoms with van der Waals surface area (Å²) >= 11 is 0. The number of carbonyl (C=O) groups is 1. The molecule has 0 amide bonds. The van der Waals surface area contributed by atoms with E-state index in [9.17, 15) is 14.7 Å². The molecule has 2 aromatic rings. The molecule has 1 aliphatic rings. The molecule has 0 bridgehead atoms. The summed E-state index contributed by atoms with van der Waals surface area (Å²) in [5, 5.41) is 10.4. The standard InChI is InChI=1S/C13H12N2O4/c1-19-13(18)9-6-10(16)11-14-8-5-3-2-4-7(8)12(17)15(9)11/h2-5,9-10,16H,6H2,1H3/t9-,10+/m0/s1. The first-order valence-electron chi connectivity index (χ1n) is 5.90. The Balaban J connectivity index is 2.31. The molecule has 0 unspecified atom stereocenters. The van der Waals surface area contributed by atoms with Gasteiger partial charge in [0.2, 0.25) is 0 Å². The van der Waals surface area contributed by atoms with Crippen LogP contribution in [0.3, 0.4) is 0 Å². The van der Waals surface area contributed by atoms with Gasteiger partial charge in [-0.1, -0.05) is 12.1 Å². The van der Waals surface area contributed by atoms with Gasteiger partial charge in [-0.15, -0.1) is 0 Å². The number of methoxy groups -OCH3 is 1. The van der Waals surface area contributed by atoms with Crippen molar-refractivity contribution >= 4 is 16.9 Å². The van der Waals surface area contributed by atoms with Crippen LogP contribution in [0, 0.1) is 0 Å². The summed E-state index contributed by atoms with van der Waals surface area (Å²) in [5.41, 5.74) is 0.191. The van der Waals surface area contributed by atoms with Crippen molar-refractivity contribution in [2.24, 2.45) is 0 Å². The van der Waals surface area contributed by atoms with E-state index >= 15 is 0 Å². The molecule has 19 heavy (non-hydrogen) atoms. The Bertz CT molecular complexity index is 722. The van der Waals surface area contributed by atoms with Gasteiger partial charge in [-0.05, 0) is 12.1 Å². The van der Waals surface area contributed by atoms with Gasteiger partial charge in [0.25, 0.3) is 5.56 Å². The number of benzene rings is 1. The maximum atomic E-state index is 12.4. The highest BCUT2D eigenvalue weighted by Crippen LogP contribution is 2.32. The van der Waals surface area contributed by atoms with Crippen LogP contribution in [0.4, 0.5) is 0 Å². The minimum Gasteiger partial charge on any atom is -0.467 e. The van der Waals surface area contributed by atoms with Crippen molar-refractivity contribution in [2.75, 3.05) is 7.11 Å². The van der Waals surface area contributed by atoms with E-state index < -0.39 is 18.1 Å². The number of hydrogen-bond donors (Lipinski definition) is 1. The van der Waals surface area contributed by atoms with Crippen LogP contribution in [0.25, 0.3) is 10.9 Å². The monoisotopic (exact) mass is 260 g/mol. The van der Waals surface area contributed by atoms with Gasteiger partial charge in [0.1, 0.15) is 18.0 Å². The van der Waals surface area contributed by atoms with Crippen LogP contribution < -0.4 is 5.56 Å². The van der Waals surface area contributed by atoms with E-state index in [0.29, 0.717) is 10.9 Å². The summed E-state index contributed by atoms with van der Waals surface area (Å²) in [6.45, 7) is 0. The van der Waals surface area contributed by atoms with Crippen LogP contribution >= 0.6 is 0 Å². The van der Waals surface area contributed by atoms with Crippen molar-refractivity contribution in [3.63, 3.8) is 0 Å². The molecular formula is C13H12N2O4. The van der Waals surface area contributed by atoms with Crippen LogP contribution in [0.15, 0.2) is 29.1 Å². The van der Waals surface area contributed by atoms with Crippen molar-refractivity contribution in [3.05, 3.63) is 40.4 Å². The summed E-state index contributed by atoms with van der Waals surface area (Å²) in [4.78, 5) is 28.4. The molecular weight excluding hydrogens is 248 g/mol. The van der Waals surface area contributed by atoms with E-state index in [1.54, 1.807) is 24.3 Å². The Morgan fingerprint density at radius 2 is 2.21 bits per heavy atom. The Hall–Kier alpha value is -2.21. The van der Waals surface area contributed by atoms with Gasteiger partial charge < -0.3 is 9.84 Å². The number of para-hydroxylation sites is 1. The second kappa shape index (κ2) is 4.17. The van der Waals surface area contributed by atoms with Gasteiger partial charge in [0.05, 0.1) is 18.0 Å². The number of ether oxygens (including phenoxy) is 1. The third-order valence-electron chi connectivity index (χ3n) is 3.36. The molecule has 0 aliphatic carbocycles. The summed E-state index contributed by atoms with van der Waals surface area (Å²) in [5.74, 6) is -0.323. The zero-order valence-corrected chi connectivity index (χ0v) is 10.2. The molecule has 1 aromatic heterocycles. The molecule has 98 valence electrons. The number of aliphatic hydroxyl groups is 1. The van der Waals surface area contributed by atoms with Gasteiger partial charge in [0, 0.05) is 6.42 Å². The first kappa shape index (κ1) is 11.9. The molecule has 1 aromatic carbocycles. The summed E-state index contributed by atoms with van der Waals surface area (Å²) in [6, 6.07) is 6.05. The third-order valence-corrected chi connectivity index (χ3v) is 3.36. The van der Waals surface area contributed by atoms with Gasteiger partial charge >= 0.3 is 5.97 Å². The zero-order valence-electron chi connectivity index (χ0n) is 10.2. The van der Waals surface area contributed by atoms with Crippen LogP contribution in [-0.2, 0) is 9.53 Å². The fourth-order valence-electron chi connectivity index (χ4n) is 2.46. The molecule has 0 spiro atoms. The molecule has 1 aliphatic heterocycles. The summed E-state index contributed by atoms with van der Waals surface area (Å²) in [6.07, 6.45) is -0.813. The lowest BCUT2D eigenvalue weighted by Crippen LogP contribution is -2.29. The highest BCUT2D eigenvalue weighted by Gasteiger charge is 2.37. The average molecular weight is 260 g/mol. The molecule has 0 saturated heterocycles. The first-order valence-corrected chi connectivity index (χ1v) is 5.90. The minimum atomic E-state index is -0.929. The SMILES string of the molecule is COC(=O)[C@@H]1C[C@@H](O)c2nc3ccccc3c(=O)n21. The van der Waals surface area contributed by atoms with E-state index in [0.717, 1.165) is 0 Å². The molecule has 2 atom stereocenters. The van der Waals surface area contributed by atoms with Gasteiger partial charge in [-0.3, -0.25) is 9.36 Å². The first-order chi connectivity index (χ1) is 9.13. The van der Waals surface area contributed by atoms with Crippen LogP contribution in [0.2, 0.25) is 0 Å². The molecule has 6 heteroatoms. The summed E-state index contributed by atoms with van der Waals surface area (Å²) < 4.78 is 5.90. The summed E-state index contributed by atoms with van der Waals surface area (Å²) in [7, 11) is 1.26. The van der Waals surface area contributed by atoms with E-state index in [4.69, 9.17) is 0 Å². The van der Waals surface area contributed by atoms with Crippen molar-refractivity contribution < 1.29 is 14.6 Å². The number of rotatable bonds is 1. The van der Waals surface area contributed by atoms with E-state index in [1.807, 2.05) is 0 Å². The second-order valence-corrected chi connectivity index (χ2v) is 4.45. The Morgan fingerprint density at radius 1 is 1.47 bits per heavy atom. The van der Waals surface area contributed by atoms with E-state index in [1.165, 1.54) is 11.7 Å². The molecule has 0 saturated carbocycles. The fourth-order valence-corrected chi connectivity index (χ4v) is 2.46. The third kappa shape index (κ3) is 1.64.